The molecule has 1 atom stereocenters. The average Bonchev–Trinajstić information content (AvgIpc) is 3.49. The quantitative estimate of drug-likeness (QED) is 0.380. The fourth-order valence-electron chi connectivity index (χ4n) is 5.19. The van der Waals surface area contributed by atoms with Gasteiger partial charge in [0, 0.05) is 64.4 Å². The topological polar surface area (TPSA) is 147 Å². The van der Waals surface area contributed by atoms with Crippen molar-refractivity contribution in [1.29, 1.82) is 0 Å². The van der Waals surface area contributed by atoms with Crippen molar-refractivity contribution in [1.82, 2.24) is 35.1 Å². The van der Waals surface area contributed by atoms with Crippen LogP contribution in [0, 0.1) is 5.92 Å². The van der Waals surface area contributed by atoms with Crippen LogP contribution in [0.4, 0.5) is 0 Å². The van der Waals surface area contributed by atoms with Crippen molar-refractivity contribution < 1.29 is 23.8 Å². The summed E-state index contributed by atoms with van der Waals surface area (Å²) in [4.78, 5) is 45.2. The second-order valence-electron chi connectivity index (χ2n) is 10.4. The van der Waals surface area contributed by atoms with Crippen LogP contribution in [0.3, 0.4) is 0 Å². The normalized spacial score (nSPS) is 16.8. The van der Waals surface area contributed by atoms with Crippen molar-refractivity contribution in [2.24, 2.45) is 5.92 Å². The fraction of sp³-hybridized carbons (Fsp3) is 0.500. The van der Waals surface area contributed by atoms with Crippen LogP contribution in [0.15, 0.2) is 41.5 Å². The van der Waals surface area contributed by atoms with Crippen LogP contribution >= 0.6 is 0 Å². The van der Waals surface area contributed by atoms with Crippen molar-refractivity contribution in [2.75, 3.05) is 32.7 Å². The van der Waals surface area contributed by atoms with E-state index in [0.717, 1.165) is 62.3 Å². The van der Waals surface area contributed by atoms with Crippen molar-refractivity contribution in [3.8, 4) is 5.88 Å². The van der Waals surface area contributed by atoms with E-state index in [1.165, 1.54) is 12.7 Å². The number of amides is 2. The van der Waals surface area contributed by atoms with Crippen molar-refractivity contribution >= 4 is 11.8 Å². The lowest BCUT2D eigenvalue weighted by molar-refractivity contribution is -0.130. The minimum absolute atomic E-state index is 0.114. The number of hydrogen-bond donors (Lipinski definition) is 2. The van der Waals surface area contributed by atoms with E-state index >= 15 is 0 Å². The molecule has 0 unspecified atom stereocenters. The predicted molar refractivity (Wildman–Crippen MR) is 143 cm³/mol. The third kappa shape index (κ3) is 7.39. The number of piperidine rings is 1. The van der Waals surface area contributed by atoms with Gasteiger partial charge in [-0.3, -0.25) is 14.5 Å². The van der Waals surface area contributed by atoms with Gasteiger partial charge in [-0.25, -0.2) is 19.9 Å². The molecule has 0 radical (unpaired) electrons. The van der Waals surface area contributed by atoms with E-state index in [-0.39, 0.29) is 30.7 Å². The molecular weight excluding hydrogens is 514 g/mol. The van der Waals surface area contributed by atoms with Gasteiger partial charge in [0.25, 0.3) is 5.91 Å². The van der Waals surface area contributed by atoms with E-state index in [2.05, 4.69) is 30.2 Å². The Kier molecular flexibility index (Phi) is 8.97. The Bertz CT molecular complexity index is 1290. The Balaban J connectivity index is 1.05. The number of nitrogens with one attached hydrogen (secondary N) is 1. The van der Waals surface area contributed by atoms with Crippen molar-refractivity contribution in [3.63, 3.8) is 0 Å². The summed E-state index contributed by atoms with van der Waals surface area (Å²) in [5.74, 6) is 1.38. The van der Waals surface area contributed by atoms with Crippen LogP contribution < -0.4 is 10.1 Å². The first-order chi connectivity index (χ1) is 19.4. The summed E-state index contributed by atoms with van der Waals surface area (Å²) in [5, 5.41) is 13.4. The number of likely N-dealkylation sites (tertiary alicyclic amines) is 1. The zero-order chi connectivity index (χ0) is 27.9. The van der Waals surface area contributed by atoms with Crippen molar-refractivity contribution in [3.05, 3.63) is 65.5 Å². The number of aliphatic hydroxyl groups is 1. The monoisotopic (exact) mass is 549 g/mol. The third-order valence-electron chi connectivity index (χ3n) is 7.43. The minimum Gasteiger partial charge on any atom is -0.469 e. The number of β-amino-alcohol motifs (C(OH)–C–C–N with tert-alkyl or cyclic N) is 1. The minimum atomic E-state index is -0.726. The molecule has 12 nitrogen and oxygen atoms in total. The van der Waals surface area contributed by atoms with Crippen LogP contribution in [0.5, 0.6) is 5.88 Å². The first-order valence-electron chi connectivity index (χ1n) is 13.7. The Morgan fingerprint density at radius 1 is 1.23 bits per heavy atom. The highest BCUT2D eigenvalue weighted by atomic mass is 16.5. The van der Waals surface area contributed by atoms with E-state index < -0.39 is 6.10 Å². The lowest BCUT2D eigenvalue weighted by Crippen LogP contribution is -2.42. The van der Waals surface area contributed by atoms with Crippen LogP contribution in [0.1, 0.15) is 53.0 Å². The molecule has 40 heavy (non-hydrogen) atoms. The maximum Gasteiger partial charge on any atom is 0.270 e. The molecule has 1 fully saturated rings. The number of ether oxygens (including phenoxy) is 1. The molecule has 2 N–H and O–H groups in total. The Morgan fingerprint density at radius 3 is 2.85 bits per heavy atom. The highest BCUT2D eigenvalue weighted by Crippen LogP contribution is 2.22. The van der Waals surface area contributed by atoms with E-state index in [1.54, 1.807) is 19.2 Å². The molecule has 2 aliphatic rings. The predicted octanol–water partition coefficient (Wildman–Crippen LogP) is 1.39. The Labute approximate surface area is 232 Å². The average molecular weight is 550 g/mol. The SMILES string of the molecule is CC(=O)N1CCC(Cc2cc(C(=O)NC[C@H](O)CN3CCc4nc(OCc5cnco5)ccc4C3)ncn2)CC1. The first-order valence-corrected chi connectivity index (χ1v) is 13.7. The van der Waals surface area contributed by atoms with Crippen LogP contribution in [-0.2, 0) is 30.8 Å². The summed E-state index contributed by atoms with van der Waals surface area (Å²) in [5.41, 5.74) is 3.18. The summed E-state index contributed by atoms with van der Waals surface area (Å²) in [6.07, 6.45) is 7.00. The molecule has 5 heterocycles. The van der Waals surface area contributed by atoms with Gasteiger partial charge in [-0.15, -0.1) is 0 Å². The smallest absolute Gasteiger partial charge is 0.270 e. The van der Waals surface area contributed by atoms with E-state index in [4.69, 9.17) is 9.15 Å². The number of hydrogen-bond acceptors (Lipinski definition) is 10. The Hall–Kier alpha value is -3.90. The van der Waals surface area contributed by atoms with Gasteiger partial charge >= 0.3 is 0 Å². The number of aliphatic hydroxyl groups excluding tert-OH is 1. The number of aromatic nitrogens is 4. The molecule has 3 aromatic rings. The maximum atomic E-state index is 12.7. The van der Waals surface area contributed by atoms with Gasteiger partial charge in [0.1, 0.15) is 18.6 Å². The molecule has 0 aliphatic carbocycles. The fourth-order valence-corrected chi connectivity index (χ4v) is 5.19. The number of carbonyl (C=O) groups is 2. The van der Waals surface area contributed by atoms with E-state index in [1.807, 2.05) is 17.0 Å². The number of nitrogens with zero attached hydrogens (tertiary/aromatic N) is 6. The Morgan fingerprint density at radius 2 is 2.08 bits per heavy atom. The number of pyridine rings is 1. The zero-order valence-corrected chi connectivity index (χ0v) is 22.7. The van der Waals surface area contributed by atoms with Crippen molar-refractivity contribution in [2.45, 2.75) is 51.9 Å². The molecule has 3 aromatic heterocycles. The second-order valence-corrected chi connectivity index (χ2v) is 10.4. The van der Waals surface area contributed by atoms with Crippen LogP contribution in [0.2, 0.25) is 0 Å². The molecule has 5 rings (SSSR count). The van der Waals surface area contributed by atoms with Gasteiger partial charge in [0.05, 0.1) is 18.0 Å². The lowest BCUT2D eigenvalue weighted by atomic mass is 9.92. The summed E-state index contributed by atoms with van der Waals surface area (Å²) >= 11 is 0. The maximum absolute atomic E-state index is 12.7. The van der Waals surface area contributed by atoms with Crippen LogP contribution in [-0.4, -0.2) is 85.5 Å². The molecule has 0 saturated carbocycles. The van der Waals surface area contributed by atoms with Gasteiger partial charge in [-0.2, -0.15) is 0 Å². The molecule has 2 aliphatic heterocycles. The van der Waals surface area contributed by atoms with E-state index in [0.29, 0.717) is 30.6 Å². The molecule has 212 valence electrons. The highest BCUT2D eigenvalue weighted by Gasteiger charge is 2.23. The number of fused-ring (bicyclic) bond motifs is 1. The number of rotatable bonds is 10. The second kappa shape index (κ2) is 13.0. The molecular formula is C28H35N7O5. The van der Waals surface area contributed by atoms with E-state index in [9.17, 15) is 14.7 Å². The van der Waals surface area contributed by atoms with Gasteiger partial charge in [0.2, 0.25) is 11.8 Å². The summed E-state index contributed by atoms with van der Waals surface area (Å²) in [7, 11) is 0. The van der Waals surface area contributed by atoms with Gasteiger partial charge in [-0.1, -0.05) is 6.07 Å². The zero-order valence-electron chi connectivity index (χ0n) is 22.7. The molecule has 12 heteroatoms. The molecule has 2 amide bonds. The summed E-state index contributed by atoms with van der Waals surface area (Å²) in [6, 6.07) is 5.55. The van der Waals surface area contributed by atoms with Gasteiger partial charge < -0.3 is 24.5 Å². The van der Waals surface area contributed by atoms with Gasteiger partial charge in [0.15, 0.2) is 12.2 Å². The van der Waals surface area contributed by atoms with Gasteiger partial charge in [-0.05, 0) is 36.8 Å². The first kappa shape index (κ1) is 27.7. The number of carbonyl (C=O) groups excluding carboxylic acids is 2. The molecule has 0 spiro atoms. The lowest BCUT2D eigenvalue weighted by Gasteiger charge is -2.31. The number of oxazole rings is 1. The molecule has 0 bridgehead atoms. The summed E-state index contributed by atoms with van der Waals surface area (Å²) in [6.45, 7) is 5.35. The standard InChI is InChI=1S/C28H35N7O5/c1-19(36)35-8-4-20(5-9-35)10-22-11-26(32-17-31-22)28(38)30-12-23(37)15-34-7-6-25-21(14-34)2-3-27(33-25)39-16-24-13-29-18-40-24/h2-3,11,13,17-18,20,23,37H,4-10,12,14-16H2,1H3,(H,30,38)/t23-/m0/s1. The third-order valence-corrected chi connectivity index (χ3v) is 7.43. The van der Waals surface area contributed by atoms with Crippen LogP contribution in [0.25, 0.3) is 0 Å². The highest BCUT2D eigenvalue weighted by molar-refractivity contribution is 5.92. The molecule has 1 saturated heterocycles. The molecule has 0 aromatic carbocycles. The summed E-state index contributed by atoms with van der Waals surface area (Å²) < 4.78 is 10.9. The largest absolute Gasteiger partial charge is 0.469 e.